The van der Waals surface area contributed by atoms with Crippen molar-refractivity contribution in [2.24, 2.45) is 0 Å². The van der Waals surface area contributed by atoms with Crippen LogP contribution in [0.25, 0.3) is 0 Å². The number of carboxylic acids is 1. The molecule has 0 heterocycles. The average Bonchev–Trinajstić information content (AvgIpc) is 2.38. The van der Waals surface area contributed by atoms with Gasteiger partial charge in [-0.05, 0) is 42.5 Å². The van der Waals surface area contributed by atoms with Crippen LogP contribution in [0.5, 0.6) is 0 Å². The van der Waals surface area contributed by atoms with E-state index in [1.807, 2.05) is 0 Å². The van der Waals surface area contributed by atoms with Crippen LogP contribution in [0.4, 0.5) is 11.4 Å². The first-order valence-electron chi connectivity index (χ1n) is 5.71. The second-order valence-corrected chi connectivity index (χ2v) is 6.77. The molecule has 4 N–H and O–H groups in total. The molecule has 0 amide bonds. The zero-order chi connectivity index (χ0) is 15.6. The summed E-state index contributed by atoms with van der Waals surface area (Å²) in [5.41, 5.74) is 5.57. The summed E-state index contributed by atoms with van der Waals surface area (Å²) in [6.07, 6.45) is 0. The quantitative estimate of drug-likeness (QED) is 0.716. The van der Waals surface area contributed by atoms with Crippen LogP contribution < -0.4 is 10.5 Å². The summed E-state index contributed by atoms with van der Waals surface area (Å²) < 4.78 is 27.5. The van der Waals surface area contributed by atoms with Crippen molar-refractivity contribution in [1.82, 2.24) is 0 Å². The van der Waals surface area contributed by atoms with E-state index in [9.17, 15) is 13.2 Å². The lowest BCUT2D eigenvalue weighted by atomic mass is 10.1. The van der Waals surface area contributed by atoms with Crippen LogP contribution in [0.1, 0.15) is 10.4 Å². The molecular weight excluding hydrogens is 360 g/mol. The van der Waals surface area contributed by atoms with Gasteiger partial charge in [0.25, 0.3) is 10.0 Å². The third kappa shape index (κ3) is 3.53. The number of benzene rings is 2. The number of halogens is 1. The first-order chi connectivity index (χ1) is 9.79. The second-order valence-electron chi connectivity index (χ2n) is 4.17. The number of hydrogen-bond donors (Lipinski definition) is 3. The second kappa shape index (κ2) is 5.74. The summed E-state index contributed by atoms with van der Waals surface area (Å²) >= 11 is 3.21. The van der Waals surface area contributed by atoms with Crippen molar-refractivity contribution in [3.05, 3.63) is 52.5 Å². The molecule has 110 valence electrons. The van der Waals surface area contributed by atoms with Crippen molar-refractivity contribution in [2.45, 2.75) is 4.90 Å². The number of nitrogens with one attached hydrogen (secondary N) is 1. The third-order valence-corrected chi connectivity index (χ3v) is 4.55. The highest BCUT2D eigenvalue weighted by molar-refractivity contribution is 9.10. The van der Waals surface area contributed by atoms with Gasteiger partial charge in [-0.1, -0.05) is 15.9 Å². The number of nitrogen functional groups attached to an aromatic ring is 1. The molecule has 6 nitrogen and oxygen atoms in total. The fraction of sp³-hybridized carbons (Fsp3) is 0. The standard InChI is InChI=1S/C13H11BrN2O4S/c14-8-1-4-10(5-2-8)21(19,20)16-12-7-9(15)3-6-11(12)13(17)18/h1-7,16H,15H2,(H,17,18). The Labute approximate surface area is 129 Å². The molecule has 0 aromatic heterocycles. The number of carboxylic acid groups (broad SMARTS) is 1. The van der Waals surface area contributed by atoms with E-state index in [2.05, 4.69) is 20.7 Å². The molecule has 8 heteroatoms. The van der Waals surface area contributed by atoms with Gasteiger partial charge in [-0.3, -0.25) is 4.72 Å². The molecule has 0 radical (unpaired) electrons. The van der Waals surface area contributed by atoms with Crippen molar-refractivity contribution in [2.75, 3.05) is 10.5 Å². The van der Waals surface area contributed by atoms with E-state index in [0.29, 0.717) is 0 Å². The van der Waals surface area contributed by atoms with Crippen LogP contribution >= 0.6 is 15.9 Å². The van der Waals surface area contributed by atoms with Crippen LogP contribution in [0.2, 0.25) is 0 Å². The zero-order valence-electron chi connectivity index (χ0n) is 10.6. The van der Waals surface area contributed by atoms with Gasteiger partial charge < -0.3 is 10.8 Å². The Balaban J connectivity index is 2.43. The zero-order valence-corrected chi connectivity index (χ0v) is 13.0. The van der Waals surface area contributed by atoms with Crippen LogP contribution in [-0.2, 0) is 10.0 Å². The van der Waals surface area contributed by atoms with Crippen molar-refractivity contribution in [3.63, 3.8) is 0 Å². The first kappa shape index (κ1) is 15.3. The van der Waals surface area contributed by atoms with E-state index < -0.39 is 16.0 Å². The lowest BCUT2D eigenvalue weighted by Gasteiger charge is -2.11. The maximum atomic E-state index is 12.2. The lowest BCUT2D eigenvalue weighted by Crippen LogP contribution is -2.15. The number of rotatable bonds is 4. The fourth-order valence-corrected chi connectivity index (χ4v) is 2.99. The molecule has 0 spiro atoms. The Morgan fingerprint density at radius 2 is 1.76 bits per heavy atom. The molecule has 0 aliphatic heterocycles. The molecule has 0 atom stereocenters. The number of aromatic carboxylic acids is 1. The van der Waals surface area contributed by atoms with E-state index in [1.165, 1.54) is 30.3 Å². The smallest absolute Gasteiger partial charge is 0.337 e. The first-order valence-corrected chi connectivity index (χ1v) is 7.98. The minimum absolute atomic E-state index is 0.0180. The molecule has 2 rings (SSSR count). The number of carbonyl (C=O) groups is 1. The average molecular weight is 371 g/mol. The maximum absolute atomic E-state index is 12.2. The van der Waals surface area contributed by atoms with Crippen LogP contribution in [-0.4, -0.2) is 19.5 Å². The molecule has 0 bridgehead atoms. The Bertz CT molecular complexity index is 788. The van der Waals surface area contributed by atoms with Gasteiger partial charge >= 0.3 is 5.97 Å². The topological polar surface area (TPSA) is 109 Å². The van der Waals surface area contributed by atoms with Crippen molar-refractivity contribution >= 4 is 43.3 Å². The minimum Gasteiger partial charge on any atom is -0.478 e. The van der Waals surface area contributed by atoms with E-state index in [1.54, 1.807) is 12.1 Å². The van der Waals surface area contributed by atoms with Crippen molar-refractivity contribution in [1.29, 1.82) is 0 Å². The number of anilines is 2. The number of nitrogens with two attached hydrogens (primary N) is 1. The van der Waals surface area contributed by atoms with Gasteiger partial charge in [-0.15, -0.1) is 0 Å². The molecular formula is C13H11BrN2O4S. The van der Waals surface area contributed by atoms with Crippen molar-refractivity contribution < 1.29 is 18.3 Å². The molecule has 0 saturated carbocycles. The Hall–Kier alpha value is -2.06. The van der Waals surface area contributed by atoms with Crippen LogP contribution in [0.15, 0.2) is 51.8 Å². The van der Waals surface area contributed by atoms with E-state index in [0.717, 1.165) is 4.47 Å². The highest BCUT2D eigenvalue weighted by Gasteiger charge is 2.18. The Morgan fingerprint density at radius 1 is 1.14 bits per heavy atom. The highest BCUT2D eigenvalue weighted by atomic mass is 79.9. The highest BCUT2D eigenvalue weighted by Crippen LogP contribution is 2.23. The predicted octanol–water partition coefficient (Wildman–Crippen LogP) is 2.53. The Kier molecular flexibility index (Phi) is 4.19. The molecule has 0 fully saturated rings. The lowest BCUT2D eigenvalue weighted by molar-refractivity contribution is 0.0698. The summed E-state index contributed by atoms with van der Waals surface area (Å²) in [5.74, 6) is -1.25. The van der Waals surface area contributed by atoms with Gasteiger partial charge in [0.2, 0.25) is 0 Å². The van der Waals surface area contributed by atoms with Gasteiger partial charge in [0.1, 0.15) is 0 Å². The largest absolute Gasteiger partial charge is 0.478 e. The van der Waals surface area contributed by atoms with Gasteiger partial charge in [0.05, 0.1) is 16.1 Å². The summed E-state index contributed by atoms with van der Waals surface area (Å²) in [6.45, 7) is 0. The normalized spacial score (nSPS) is 11.1. The van der Waals surface area contributed by atoms with Crippen LogP contribution in [0.3, 0.4) is 0 Å². The van der Waals surface area contributed by atoms with Gasteiger partial charge in [-0.2, -0.15) is 0 Å². The monoisotopic (exact) mass is 370 g/mol. The molecule has 0 unspecified atom stereocenters. The summed E-state index contributed by atoms with van der Waals surface area (Å²) in [7, 11) is -3.89. The van der Waals surface area contributed by atoms with E-state index in [4.69, 9.17) is 10.8 Å². The minimum atomic E-state index is -3.89. The summed E-state index contributed by atoms with van der Waals surface area (Å²) in [5, 5.41) is 9.08. The van der Waals surface area contributed by atoms with Gasteiger partial charge in [0.15, 0.2) is 0 Å². The van der Waals surface area contributed by atoms with Crippen LogP contribution in [0, 0.1) is 0 Å². The third-order valence-electron chi connectivity index (χ3n) is 2.64. The molecule has 0 aliphatic carbocycles. The van der Waals surface area contributed by atoms with E-state index >= 15 is 0 Å². The Morgan fingerprint density at radius 3 is 2.33 bits per heavy atom. The number of sulfonamides is 1. The maximum Gasteiger partial charge on any atom is 0.337 e. The summed E-state index contributed by atoms with van der Waals surface area (Å²) in [6, 6.07) is 9.86. The van der Waals surface area contributed by atoms with Crippen molar-refractivity contribution in [3.8, 4) is 0 Å². The predicted molar refractivity (Wildman–Crippen MR) is 82.8 cm³/mol. The fourth-order valence-electron chi connectivity index (χ4n) is 1.65. The molecule has 0 aliphatic rings. The SMILES string of the molecule is Nc1ccc(C(=O)O)c(NS(=O)(=O)c2ccc(Br)cc2)c1. The molecule has 0 saturated heterocycles. The number of hydrogen-bond acceptors (Lipinski definition) is 4. The molecule has 2 aromatic rings. The van der Waals surface area contributed by atoms with Gasteiger partial charge in [0, 0.05) is 10.2 Å². The molecule has 21 heavy (non-hydrogen) atoms. The molecule has 2 aromatic carbocycles. The summed E-state index contributed by atoms with van der Waals surface area (Å²) in [4.78, 5) is 11.1. The van der Waals surface area contributed by atoms with E-state index in [-0.39, 0.29) is 21.8 Å². The van der Waals surface area contributed by atoms with Gasteiger partial charge in [-0.25, -0.2) is 13.2 Å².